The number of rotatable bonds is 7. The monoisotopic (exact) mass is 290 g/mol. The molecule has 0 aliphatic heterocycles. The Morgan fingerprint density at radius 3 is 2.61 bits per heavy atom. The van der Waals surface area contributed by atoms with E-state index in [1.807, 2.05) is 30.3 Å². The molecule has 4 N–H and O–H groups in total. The lowest BCUT2D eigenvalue weighted by molar-refractivity contribution is -0.138. The summed E-state index contributed by atoms with van der Waals surface area (Å²) in [6.07, 6.45) is 0. The van der Waals surface area contributed by atoms with Crippen molar-refractivity contribution in [3.05, 3.63) is 30.3 Å². The highest BCUT2D eigenvalue weighted by atomic mass is 32.8. The SMILES string of the molecule is C[C@H](N[PH](=O)[SH](CCN)c1ccccc1)C(=O)O. The average molecular weight is 290 g/mol. The van der Waals surface area contributed by atoms with Crippen LogP contribution in [0.2, 0.25) is 0 Å². The fraction of sp³-hybridized carbons (Fsp3) is 0.364. The minimum atomic E-state index is -2.18. The summed E-state index contributed by atoms with van der Waals surface area (Å²) < 4.78 is 12.2. The van der Waals surface area contributed by atoms with E-state index in [-0.39, 0.29) is 0 Å². The number of nitrogens with two attached hydrogens (primary N) is 1. The summed E-state index contributed by atoms with van der Waals surface area (Å²) in [7, 11) is -3.11. The topological polar surface area (TPSA) is 92.4 Å². The predicted molar refractivity (Wildman–Crippen MR) is 76.9 cm³/mol. The molecule has 0 fully saturated rings. The summed E-state index contributed by atoms with van der Waals surface area (Å²) in [5.74, 6) is -0.361. The first-order valence-corrected chi connectivity index (χ1v) is 9.40. The molecule has 1 aromatic carbocycles. The largest absolute Gasteiger partial charge is 0.480 e. The van der Waals surface area contributed by atoms with Gasteiger partial charge in [-0.05, 0) is 29.7 Å². The third-order valence-corrected chi connectivity index (χ3v) is 8.48. The van der Waals surface area contributed by atoms with Gasteiger partial charge < -0.3 is 10.8 Å². The average Bonchev–Trinajstić information content (AvgIpc) is 2.36. The van der Waals surface area contributed by atoms with Crippen molar-refractivity contribution in [1.82, 2.24) is 5.09 Å². The zero-order valence-corrected chi connectivity index (χ0v) is 12.1. The zero-order valence-electron chi connectivity index (χ0n) is 10.2. The van der Waals surface area contributed by atoms with Crippen molar-refractivity contribution in [2.45, 2.75) is 17.9 Å². The Hall–Kier alpha value is -0.810. The van der Waals surface area contributed by atoms with Crippen molar-refractivity contribution in [3.8, 4) is 0 Å². The van der Waals surface area contributed by atoms with Gasteiger partial charge in [-0.15, -0.1) is 0 Å². The summed E-state index contributed by atoms with van der Waals surface area (Å²) in [6, 6.07) is 8.69. The van der Waals surface area contributed by atoms with Gasteiger partial charge in [0.15, 0.2) is 7.15 Å². The maximum absolute atomic E-state index is 12.2. The molecule has 18 heavy (non-hydrogen) atoms. The Bertz CT molecular complexity index is 416. The molecular formula is C11H19N2O3PS. The smallest absolute Gasteiger partial charge is 0.320 e. The molecule has 0 aliphatic carbocycles. The van der Waals surface area contributed by atoms with E-state index < -0.39 is 29.7 Å². The minimum Gasteiger partial charge on any atom is -0.480 e. The van der Waals surface area contributed by atoms with E-state index in [0.29, 0.717) is 12.3 Å². The van der Waals surface area contributed by atoms with E-state index in [2.05, 4.69) is 5.09 Å². The maximum Gasteiger partial charge on any atom is 0.320 e. The second kappa shape index (κ2) is 7.59. The van der Waals surface area contributed by atoms with Crippen molar-refractivity contribution in [2.24, 2.45) is 5.73 Å². The number of carboxylic acid groups (broad SMARTS) is 1. The molecule has 3 atom stereocenters. The third kappa shape index (κ3) is 4.46. The van der Waals surface area contributed by atoms with E-state index in [1.165, 1.54) is 6.92 Å². The van der Waals surface area contributed by atoms with Crippen LogP contribution in [0, 0.1) is 0 Å². The molecule has 0 spiro atoms. The Balaban J connectivity index is 2.79. The van der Waals surface area contributed by atoms with Crippen molar-refractivity contribution in [2.75, 3.05) is 12.3 Å². The fourth-order valence-corrected chi connectivity index (χ4v) is 6.74. The summed E-state index contributed by atoms with van der Waals surface area (Å²) in [5, 5.41) is 11.5. The van der Waals surface area contributed by atoms with Gasteiger partial charge in [-0.25, -0.2) is 5.09 Å². The molecule has 5 nitrogen and oxygen atoms in total. The van der Waals surface area contributed by atoms with E-state index in [4.69, 9.17) is 10.8 Å². The van der Waals surface area contributed by atoms with Crippen LogP contribution in [0.3, 0.4) is 0 Å². The van der Waals surface area contributed by atoms with Crippen LogP contribution in [0.15, 0.2) is 35.2 Å². The minimum absolute atomic E-state index is 0.445. The zero-order chi connectivity index (χ0) is 13.5. The van der Waals surface area contributed by atoms with Crippen molar-refractivity contribution >= 4 is 23.6 Å². The van der Waals surface area contributed by atoms with Crippen LogP contribution in [0.1, 0.15) is 6.92 Å². The number of thiol groups is 1. The molecule has 0 aliphatic rings. The van der Waals surface area contributed by atoms with Crippen LogP contribution < -0.4 is 10.8 Å². The summed E-state index contributed by atoms with van der Waals surface area (Å²) in [4.78, 5) is 11.7. The van der Waals surface area contributed by atoms with Gasteiger partial charge in [0.25, 0.3) is 0 Å². The number of nitrogens with one attached hydrogen (secondary N) is 1. The Morgan fingerprint density at radius 1 is 1.50 bits per heavy atom. The Labute approximate surface area is 110 Å². The van der Waals surface area contributed by atoms with Gasteiger partial charge >= 0.3 is 5.97 Å². The van der Waals surface area contributed by atoms with E-state index in [0.717, 1.165) is 4.90 Å². The molecule has 102 valence electrons. The molecule has 0 saturated heterocycles. The van der Waals surface area contributed by atoms with Crippen LogP contribution >= 0.6 is 17.7 Å². The molecule has 0 amide bonds. The highest BCUT2D eigenvalue weighted by Crippen LogP contribution is 2.55. The molecule has 0 heterocycles. The first-order chi connectivity index (χ1) is 8.56. The summed E-state index contributed by atoms with van der Waals surface area (Å²) in [6.45, 7) is 1.94. The number of carbonyl (C=O) groups is 1. The number of benzene rings is 1. The van der Waals surface area contributed by atoms with Crippen LogP contribution in [0.25, 0.3) is 0 Å². The molecule has 1 rings (SSSR count). The van der Waals surface area contributed by atoms with E-state index >= 15 is 0 Å². The Morgan fingerprint density at radius 2 is 2.11 bits per heavy atom. The summed E-state index contributed by atoms with van der Waals surface area (Å²) >= 11 is 0. The van der Waals surface area contributed by atoms with Crippen molar-refractivity contribution < 1.29 is 14.5 Å². The highest BCUT2D eigenvalue weighted by molar-refractivity contribution is 8.62. The highest BCUT2D eigenvalue weighted by Gasteiger charge is 2.18. The van der Waals surface area contributed by atoms with Crippen molar-refractivity contribution in [1.29, 1.82) is 0 Å². The van der Waals surface area contributed by atoms with Gasteiger partial charge in [-0.3, -0.25) is 9.36 Å². The van der Waals surface area contributed by atoms with Gasteiger partial charge in [0.1, 0.15) is 6.04 Å². The van der Waals surface area contributed by atoms with Gasteiger partial charge in [-0.2, -0.15) is 10.5 Å². The van der Waals surface area contributed by atoms with Gasteiger partial charge in [0.05, 0.1) is 0 Å². The standard InChI is InChI=1S/C11H19N2O3PS/c1-9(11(14)15)13-17(16)18(8-7-12)10-5-3-2-4-6-10/h2-6,9,17-18H,7-8,12H2,1H3,(H,13,16)(H,14,15)/t9-/m0/s1. The molecule has 7 heteroatoms. The van der Waals surface area contributed by atoms with Crippen molar-refractivity contribution in [3.63, 3.8) is 0 Å². The van der Waals surface area contributed by atoms with Crippen LogP contribution in [-0.4, -0.2) is 29.4 Å². The third-order valence-electron chi connectivity index (χ3n) is 2.38. The van der Waals surface area contributed by atoms with E-state index in [9.17, 15) is 9.36 Å². The first-order valence-electron chi connectivity index (χ1n) is 5.62. The predicted octanol–water partition coefficient (Wildman–Crippen LogP) is 1.46. The molecule has 0 bridgehead atoms. The normalized spacial score (nSPS) is 16.9. The van der Waals surface area contributed by atoms with E-state index in [1.54, 1.807) is 0 Å². The van der Waals surface area contributed by atoms with Gasteiger partial charge in [0, 0.05) is 6.54 Å². The lowest BCUT2D eigenvalue weighted by Gasteiger charge is -2.22. The quantitative estimate of drug-likeness (QED) is 0.451. The number of hydrogen-bond acceptors (Lipinski definition) is 3. The van der Waals surface area contributed by atoms with Gasteiger partial charge in [-0.1, -0.05) is 18.2 Å². The van der Waals surface area contributed by atoms with Crippen LogP contribution in [-0.2, 0) is 9.36 Å². The van der Waals surface area contributed by atoms with Crippen LogP contribution in [0.5, 0.6) is 0 Å². The maximum atomic E-state index is 12.2. The molecule has 2 unspecified atom stereocenters. The Kier molecular flexibility index (Phi) is 6.43. The molecular weight excluding hydrogens is 271 g/mol. The lowest BCUT2D eigenvalue weighted by Crippen LogP contribution is -2.28. The number of carboxylic acids is 1. The van der Waals surface area contributed by atoms with Gasteiger partial charge in [0.2, 0.25) is 0 Å². The molecule has 0 aromatic heterocycles. The lowest BCUT2D eigenvalue weighted by atomic mass is 10.4. The second-order valence-corrected chi connectivity index (χ2v) is 9.34. The molecule has 1 aromatic rings. The molecule has 0 radical (unpaired) electrons. The fourth-order valence-electron chi connectivity index (χ4n) is 1.41. The summed E-state index contributed by atoms with van der Waals surface area (Å²) in [5.41, 5.74) is 5.54. The molecule has 0 saturated carbocycles. The number of aliphatic carboxylic acids is 1. The second-order valence-electron chi connectivity index (χ2n) is 3.79. The first kappa shape index (κ1) is 15.2. The number of hydrogen-bond donors (Lipinski definition) is 4. The van der Waals surface area contributed by atoms with Crippen LogP contribution in [0.4, 0.5) is 0 Å².